The van der Waals surface area contributed by atoms with E-state index in [1.54, 1.807) is 13.2 Å². The van der Waals surface area contributed by atoms with Crippen molar-refractivity contribution < 1.29 is 9.26 Å². The van der Waals surface area contributed by atoms with Crippen LogP contribution >= 0.6 is 0 Å². The van der Waals surface area contributed by atoms with E-state index in [0.29, 0.717) is 18.1 Å². The molecule has 0 aliphatic rings. The quantitative estimate of drug-likeness (QED) is 0.789. The number of hydrogen-bond donors (Lipinski definition) is 1. The van der Waals surface area contributed by atoms with Gasteiger partial charge in [-0.3, -0.25) is 14.3 Å². The first-order valence-electron chi connectivity index (χ1n) is 4.92. The minimum atomic E-state index is -0.478. The molecule has 2 aromatic rings. The maximum absolute atomic E-state index is 11.4. The van der Waals surface area contributed by atoms with Gasteiger partial charge in [-0.05, 0) is 0 Å². The Balaban J connectivity index is 2.19. The van der Waals surface area contributed by atoms with E-state index in [1.165, 1.54) is 16.8 Å². The highest BCUT2D eigenvalue weighted by Gasteiger charge is 2.05. The summed E-state index contributed by atoms with van der Waals surface area (Å²) in [4.78, 5) is 24.4. The van der Waals surface area contributed by atoms with Crippen molar-refractivity contribution in [2.75, 3.05) is 7.11 Å². The third-order valence-corrected chi connectivity index (χ3v) is 2.12. The lowest BCUT2D eigenvalue weighted by atomic mass is 10.3. The SMILES string of the molecule is COCc1cc(Cn2ccc(=O)[nH]c2=O)no1. The Labute approximate surface area is 95.6 Å². The number of aromatic nitrogens is 3. The molecular formula is C10H11N3O4. The second kappa shape index (κ2) is 4.79. The molecule has 0 unspecified atom stereocenters. The Morgan fingerprint density at radius 3 is 3.06 bits per heavy atom. The Morgan fingerprint density at radius 1 is 1.53 bits per heavy atom. The minimum absolute atomic E-state index is 0.239. The van der Waals surface area contributed by atoms with Crippen molar-refractivity contribution >= 4 is 0 Å². The molecule has 0 fully saturated rings. The van der Waals surface area contributed by atoms with E-state index >= 15 is 0 Å². The summed E-state index contributed by atoms with van der Waals surface area (Å²) in [5.74, 6) is 0.583. The van der Waals surface area contributed by atoms with Gasteiger partial charge < -0.3 is 9.26 Å². The molecule has 0 aliphatic heterocycles. The van der Waals surface area contributed by atoms with Crippen LogP contribution in [0.5, 0.6) is 0 Å². The average Bonchev–Trinajstić information content (AvgIpc) is 2.71. The Hall–Kier alpha value is -2.15. The monoisotopic (exact) mass is 237 g/mol. The normalized spacial score (nSPS) is 10.6. The van der Waals surface area contributed by atoms with Crippen molar-refractivity contribution in [2.24, 2.45) is 0 Å². The number of hydrogen-bond acceptors (Lipinski definition) is 5. The molecule has 90 valence electrons. The van der Waals surface area contributed by atoms with E-state index in [-0.39, 0.29) is 6.54 Å². The predicted molar refractivity (Wildman–Crippen MR) is 57.6 cm³/mol. The van der Waals surface area contributed by atoms with Crippen LogP contribution in [0.2, 0.25) is 0 Å². The second-order valence-electron chi connectivity index (χ2n) is 3.46. The topological polar surface area (TPSA) is 90.1 Å². The number of methoxy groups -OCH3 is 1. The van der Waals surface area contributed by atoms with Crippen molar-refractivity contribution in [3.8, 4) is 0 Å². The summed E-state index contributed by atoms with van der Waals surface area (Å²) in [7, 11) is 1.55. The fourth-order valence-electron chi connectivity index (χ4n) is 1.38. The number of ether oxygens (including phenoxy) is 1. The first kappa shape index (κ1) is 11.3. The molecular weight excluding hydrogens is 226 g/mol. The van der Waals surface area contributed by atoms with Gasteiger partial charge in [-0.25, -0.2) is 4.79 Å². The summed E-state index contributed by atoms with van der Waals surface area (Å²) in [5, 5.41) is 3.79. The summed E-state index contributed by atoms with van der Waals surface area (Å²) in [6.45, 7) is 0.566. The molecule has 2 heterocycles. The van der Waals surface area contributed by atoms with Gasteiger partial charge in [0, 0.05) is 25.4 Å². The molecule has 0 radical (unpaired) electrons. The zero-order valence-electron chi connectivity index (χ0n) is 9.17. The van der Waals surface area contributed by atoms with Crippen LogP contribution in [0, 0.1) is 0 Å². The highest BCUT2D eigenvalue weighted by Crippen LogP contribution is 2.05. The molecule has 1 N–H and O–H groups in total. The summed E-state index contributed by atoms with van der Waals surface area (Å²) in [5.41, 5.74) is -0.313. The van der Waals surface area contributed by atoms with Gasteiger partial charge in [0.2, 0.25) is 0 Å². The Bertz CT molecular complexity index is 610. The van der Waals surface area contributed by atoms with Crippen LogP contribution in [0.3, 0.4) is 0 Å². The molecule has 0 aromatic carbocycles. The van der Waals surface area contributed by atoms with Crippen molar-refractivity contribution in [1.29, 1.82) is 0 Å². The first-order chi connectivity index (χ1) is 8.19. The number of rotatable bonds is 4. The molecule has 0 spiro atoms. The minimum Gasteiger partial charge on any atom is -0.377 e. The van der Waals surface area contributed by atoms with Gasteiger partial charge in [0.25, 0.3) is 5.56 Å². The van der Waals surface area contributed by atoms with E-state index in [0.717, 1.165) is 0 Å². The van der Waals surface area contributed by atoms with Gasteiger partial charge in [0.1, 0.15) is 12.3 Å². The molecule has 2 aromatic heterocycles. The number of H-pyrrole nitrogens is 1. The molecule has 7 heteroatoms. The molecule has 0 atom stereocenters. The van der Waals surface area contributed by atoms with Gasteiger partial charge >= 0.3 is 5.69 Å². The van der Waals surface area contributed by atoms with Crippen molar-refractivity contribution in [1.82, 2.24) is 14.7 Å². The molecule has 0 bridgehead atoms. The lowest BCUT2D eigenvalue weighted by molar-refractivity contribution is 0.155. The fraction of sp³-hybridized carbons (Fsp3) is 0.300. The summed E-state index contributed by atoms with van der Waals surface area (Å²) < 4.78 is 11.2. The molecule has 17 heavy (non-hydrogen) atoms. The van der Waals surface area contributed by atoms with Gasteiger partial charge in [-0.15, -0.1) is 0 Å². The zero-order chi connectivity index (χ0) is 12.3. The predicted octanol–water partition coefficient (Wildman–Crippen LogP) is -0.281. The van der Waals surface area contributed by atoms with Crippen LogP contribution in [0.25, 0.3) is 0 Å². The fourth-order valence-corrected chi connectivity index (χ4v) is 1.38. The van der Waals surface area contributed by atoms with E-state index in [1.807, 2.05) is 0 Å². The Kier molecular flexibility index (Phi) is 3.20. The van der Waals surface area contributed by atoms with E-state index in [9.17, 15) is 9.59 Å². The third kappa shape index (κ3) is 2.70. The maximum atomic E-state index is 11.4. The molecule has 0 aliphatic carbocycles. The van der Waals surface area contributed by atoms with Crippen molar-refractivity contribution in [3.05, 3.63) is 50.6 Å². The van der Waals surface area contributed by atoms with E-state index in [4.69, 9.17) is 9.26 Å². The average molecular weight is 237 g/mol. The van der Waals surface area contributed by atoms with Gasteiger partial charge in [-0.2, -0.15) is 0 Å². The van der Waals surface area contributed by atoms with Crippen LogP contribution in [0.1, 0.15) is 11.5 Å². The molecule has 0 saturated carbocycles. The highest BCUT2D eigenvalue weighted by atomic mass is 16.5. The largest absolute Gasteiger partial charge is 0.377 e. The second-order valence-corrected chi connectivity index (χ2v) is 3.46. The summed E-state index contributed by atoms with van der Waals surface area (Å²) in [6, 6.07) is 2.97. The molecule has 2 rings (SSSR count). The third-order valence-electron chi connectivity index (χ3n) is 2.12. The van der Waals surface area contributed by atoms with Crippen LogP contribution in [-0.4, -0.2) is 21.8 Å². The summed E-state index contributed by atoms with van der Waals surface area (Å²) in [6.07, 6.45) is 1.41. The number of nitrogens with zero attached hydrogens (tertiary/aromatic N) is 2. The van der Waals surface area contributed by atoms with E-state index < -0.39 is 11.2 Å². The van der Waals surface area contributed by atoms with Gasteiger partial charge in [0.15, 0.2) is 5.76 Å². The van der Waals surface area contributed by atoms with Crippen LogP contribution in [-0.2, 0) is 17.9 Å². The Morgan fingerprint density at radius 2 is 2.35 bits per heavy atom. The standard InChI is InChI=1S/C10H11N3O4/c1-16-6-8-4-7(12-17-8)5-13-3-2-9(14)11-10(13)15/h2-4H,5-6H2,1H3,(H,11,14,15). The van der Waals surface area contributed by atoms with Gasteiger partial charge in [0.05, 0.1) is 6.54 Å². The number of nitrogens with one attached hydrogen (secondary N) is 1. The van der Waals surface area contributed by atoms with Crippen LogP contribution in [0.15, 0.2) is 32.4 Å². The van der Waals surface area contributed by atoms with Crippen LogP contribution in [0.4, 0.5) is 0 Å². The molecule has 0 saturated heterocycles. The first-order valence-corrected chi connectivity index (χ1v) is 4.92. The summed E-state index contributed by atoms with van der Waals surface area (Å²) >= 11 is 0. The zero-order valence-corrected chi connectivity index (χ0v) is 9.17. The smallest absolute Gasteiger partial charge is 0.328 e. The number of aromatic amines is 1. The lowest BCUT2D eigenvalue weighted by Crippen LogP contribution is -2.28. The highest BCUT2D eigenvalue weighted by molar-refractivity contribution is 5.05. The molecule has 0 amide bonds. The lowest BCUT2D eigenvalue weighted by Gasteiger charge is -1.99. The van der Waals surface area contributed by atoms with Crippen molar-refractivity contribution in [3.63, 3.8) is 0 Å². The van der Waals surface area contributed by atoms with Gasteiger partial charge in [-0.1, -0.05) is 5.16 Å². The van der Waals surface area contributed by atoms with E-state index in [2.05, 4.69) is 10.1 Å². The molecule has 7 nitrogen and oxygen atoms in total. The maximum Gasteiger partial charge on any atom is 0.328 e. The van der Waals surface area contributed by atoms with Crippen molar-refractivity contribution in [2.45, 2.75) is 13.2 Å². The van der Waals surface area contributed by atoms with Crippen LogP contribution < -0.4 is 11.2 Å².